The van der Waals surface area contributed by atoms with Gasteiger partial charge in [-0.25, -0.2) is 13.4 Å². The van der Waals surface area contributed by atoms with Crippen molar-refractivity contribution in [1.29, 1.82) is 0 Å². The maximum atomic E-state index is 12.9. The van der Waals surface area contributed by atoms with E-state index in [-0.39, 0.29) is 10.5 Å². The summed E-state index contributed by atoms with van der Waals surface area (Å²) in [6.07, 6.45) is 1.09. The average Bonchev–Trinajstić information content (AvgIpc) is 3.18. The van der Waals surface area contributed by atoms with Gasteiger partial charge < -0.3 is 0 Å². The quantitative estimate of drug-likeness (QED) is 0.472. The molecular formula is C23H18N2O3S2. The lowest BCUT2D eigenvalue weighted by molar-refractivity contribution is 0.102. The van der Waals surface area contributed by atoms with Crippen molar-refractivity contribution in [2.45, 2.75) is 4.90 Å². The Morgan fingerprint density at radius 2 is 1.40 bits per heavy atom. The third-order valence-electron chi connectivity index (χ3n) is 4.46. The highest BCUT2D eigenvalue weighted by Gasteiger charge is 2.21. The number of benzene rings is 3. The Labute approximate surface area is 179 Å². The number of hydrogen-bond donors (Lipinski definition) is 1. The van der Waals surface area contributed by atoms with E-state index in [1.54, 1.807) is 12.1 Å². The van der Waals surface area contributed by atoms with Gasteiger partial charge in [-0.1, -0.05) is 84.1 Å². The van der Waals surface area contributed by atoms with Gasteiger partial charge in [0.15, 0.2) is 15.0 Å². The molecule has 4 rings (SSSR count). The predicted molar refractivity (Wildman–Crippen MR) is 120 cm³/mol. The molecule has 0 atom stereocenters. The molecule has 0 radical (unpaired) electrons. The van der Waals surface area contributed by atoms with Gasteiger partial charge in [-0.15, -0.1) is 0 Å². The van der Waals surface area contributed by atoms with E-state index < -0.39 is 15.7 Å². The summed E-state index contributed by atoms with van der Waals surface area (Å²) in [6, 6.07) is 25.7. The van der Waals surface area contributed by atoms with Crippen LogP contribution in [0.15, 0.2) is 89.8 Å². The summed E-state index contributed by atoms with van der Waals surface area (Å²) >= 11 is 1.35. The van der Waals surface area contributed by atoms with Crippen LogP contribution in [0.2, 0.25) is 0 Å². The van der Waals surface area contributed by atoms with Crippen molar-refractivity contribution in [2.75, 3.05) is 11.6 Å². The van der Waals surface area contributed by atoms with Crippen LogP contribution in [-0.2, 0) is 9.84 Å². The van der Waals surface area contributed by atoms with E-state index in [0.717, 1.165) is 28.0 Å². The minimum Gasteiger partial charge on any atom is -0.298 e. The van der Waals surface area contributed by atoms with Crippen LogP contribution in [0.3, 0.4) is 0 Å². The Morgan fingerprint density at radius 1 is 0.833 bits per heavy atom. The zero-order valence-electron chi connectivity index (χ0n) is 16.1. The van der Waals surface area contributed by atoms with Gasteiger partial charge in [-0.05, 0) is 17.7 Å². The summed E-state index contributed by atoms with van der Waals surface area (Å²) in [7, 11) is -3.54. The number of hydrogen-bond acceptors (Lipinski definition) is 5. The summed E-state index contributed by atoms with van der Waals surface area (Å²) in [5.41, 5.74) is 2.78. The zero-order valence-corrected chi connectivity index (χ0v) is 17.7. The second kappa shape index (κ2) is 8.22. The van der Waals surface area contributed by atoms with Crippen LogP contribution < -0.4 is 5.32 Å². The van der Waals surface area contributed by atoms with Crippen LogP contribution in [0.4, 0.5) is 5.13 Å². The number of sulfone groups is 1. The monoisotopic (exact) mass is 434 g/mol. The molecule has 0 bridgehead atoms. The van der Waals surface area contributed by atoms with E-state index >= 15 is 0 Å². The Bertz CT molecular complexity index is 1240. The van der Waals surface area contributed by atoms with Gasteiger partial charge >= 0.3 is 0 Å². The smallest absolute Gasteiger partial charge is 0.258 e. The fraction of sp³-hybridized carbons (Fsp3) is 0.0435. The number of rotatable bonds is 5. The molecule has 1 heterocycles. The third-order valence-corrected chi connectivity index (χ3v) is 6.64. The summed E-state index contributed by atoms with van der Waals surface area (Å²) < 4.78 is 24.1. The maximum absolute atomic E-state index is 12.9. The number of aromatic nitrogens is 1. The number of thiazole rings is 1. The summed E-state index contributed by atoms with van der Waals surface area (Å²) in [5, 5.41) is 3.18. The second-order valence-corrected chi connectivity index (χ2v) is 9.63. The molecule has 1 amide bonds. The van der Waals surface area contributed by atoms with Crippen LogP contribution in [0.1, 0.15) is 10.4 Å². The van der Waals surface area contributed by atoms with E-state index in [2.05, 4.69) is 10.3 Å². The molecule has 0 saturated heterocycles. The molecule has 1 aromatic heterocycles. The lowest BCUT2D eigenvalue weighted by Crippen LogP contribution is -2.15. The summed E-state index contributed by atoms with van der Waals surface area (Å²) in [5.74, 6) is -0.510. The van der Waals surface area contributed by atoms with Crippen LogP contribution in [0, 0.1) is 0 Å². The number of nitrogens with zero attached hydrogens (tertiary/aromatic N) is 1. The number of carbonyl (C=O) groups excluding carboxylic acids is 1. The SMILES string of the molecule is CS(=O)(=O)c1ccccc1C(=O)Nc1nc(-c2ccccc2)c(-c2ccccc2)s1. The van der Waals surface area contributed by atoms with Crippen LogP contribution in [0.5, 0.6) is 0 Å². The minimum absolute atomic E-state index is 0.00868. The highest BCUT2D eigenvalue weighted by Crippen LogP contribution is 2.39. The van der Waals surface area contributed by atoms with Gasteiger partial charge in [0.1, 0.15) is 0 Å². The Morgan fingerprint density at radius 3 is 2.03 bits per heavy atom. The molecule has 1 N–H and O–H groups in total. The standard InChI is InChI=1S/C23H18N2O3S2/c1-30(27,28)19-15-9-8-14-18(19)22(26)25-23-24-20(16-10-4-2-5-11-16)21(29-23)17-12-6-3-7-13-17/h2-15H,1H3,(H,24,25,26). The highest BCUT2D eigenvalue weighted by molar-refractivity contribution is 7.90. The molecule has 30 heavy (non-hydrogen) atoms. The predicted octanol–water partition coefficient (Wildman–Crippen LogP) is 5.13. The summed E-state index contributed by atoms with van der Waals surface area (Å²) in [6.45, 7) is 0. The van der Waals surface area contributed by atoms with Crippen molar-refractivity contribution in [3.05, 3.63) is 90.5 Å². The number of carbonyl (C=O) groups is 1. The van der Waals surface area contributed by atoms with Gasteiger partial charge in [0.05, 0.1) is 21.0 Å². The summed E-state index contributed by atoms with van der Waals surface area (Å²) in [4.78, 5) is 18.4. The third kappa shape index (κ3) is 4.17. The van der Waals surface area contributed by atoms with Gasteiger partial charge in [0, 0.05) is 11.8 Å². The highest BCUT2D eigenvalue weighted by atomic mass is 32.2. The largest absolute Gasteiger partial charge is 0.298 e. The first-order valence-corrected chi connectivity index (χ1v) is 11.9. The molecule has 5 nitrogen and oxygen atoms in total. The van der Waals surface area contributed by atoms with Crippen molar-refractivity contribution in [1.82, 2.24) is 4.98 Å². The van der Waals surface area contributed by atoms with Gasteiger partial charge in [-0.3, -0.25) is 10.1 Å². The Balaban J connectivity index is 1.75. The van der Waals surface area contributed by atoms with Crippen LogP contribution >= 0.6 is 11.3 Å². The minimum atomic E-state index is -3.54. The molecule has 4 aromatic rings. The van der Waals surface area contributed by atoms with Gasteiger partial charge in [0.25, 0.3) is 5.91 Å². The van der Waals surface area contributed by atoms with Gasteiger partial charge in [-0.2, -0.15) is 0 Å². The fourth-order valence-electron chi connectivity index (χ4n) is 3.09. The lowest BCUT2D eigenvalue weighted by Gasteiger charge is -2.06. The molecule has 0 spiro atoms. The molecule has 7 heteroatoms. The first kappa shape index (κ1) is 20.0. The maximum Gasteiger partial charge on any atom is 0.258 e. The second-order valence-electron chi connectivity index (χ2n) is 6.65. The first-order valence-electron chi connectivity index (χ1n) is 9.15. The first-order chi connectivity index (χ1) is 14.4. The van der Waals surface area contributed by atoms with E-state index in [0.29, 0.717) is 5.13 Å². The molecule has 3 aromatic carbocycles. The molecule has 0 aliphatic rings. The topological polar surface area (TPSA) is 76.1 Å². The molecule has 0 unspecified atom stereocenters. The average molecular weight is 435 g/mol. The van der Waals surface area contributed by atoms with E-state index in [4.69, 9.17) is 0 Å². The van der Waals surface area contributed by atoms with Crippen molar-refractivity contribution in [2.24, 2.45) is 0 Å². The molecule has 0 saturated carbocycles. The molecule has 150 valence electrons. The van der Waals surface area contributed by atoms with Crippen LogP contribution in [0.25, 0.3) is 21.7 Å². The normalized spacial score (nSPS) is 11.2. The van der Waals surface area contributed by atoms with Crippen molar-refractivity contribution in [3.63, 3.8) is 0 Å². The molecular weight excluding hydrogens is 416 g/mol. The van der Waals surface area contributed by atoms with E-state index in [1.807, 2.05) is 60.7 Å². The van der Waals surface area contributed by atoms with Gasteiger partial charge in [0.2, 0.25) is 0 Å². The molecule has 0 fully saturated rings. The van der Waals surface area contributed by atoms with Crippen LogP contribution in [-0.4, -0.2) is 25.6 Å². The Hall–Kier alpha value is -3.29. The van der Waals surface area contributed by atoms with Crippen molar-refractivity contribution in [3.8, 4) is 21.7 Å². The lowest BCUT2D eigenvalue weighted by atomic mass is 10.1. The van der Waals surface area contributed by atoms with E-state index in [9.17, 15) is 13.2 Å². The van der Waals surface area contributed by atoms with Crippen molar-refractivity contribution < 1.29 is 13.2 Å². The van der Waals surface area contributed by atoms with Crippen molar-refractivity contribution >= 4 is 32.2 Å². The van der Waals surface area contributed by atoms with E-state index in [1.165, 1.54) is 23.5 Å². The molecule has 0 aliphatic heterocycles. The number of nitrogens with one attached hydrogen (secondary N) is 1. The zero-order chi connectivity index (χ0) is 21.1. The number of anilines is 1. The molecule has 0 aliphatic carbocycles. The number of amides is 1. The Kier molecular flexibility index (Phi) is 5.48. The fourth-order valence-corrected chi connectivity index (χ4v) is 4.97.